The van der Waals surface area contributed by atoms with E-state index in [1.807, 2.05) is 35.9 Å². The summed E-state index contributed by atoms with van der Waals surface area (Å²) in [7, 11) is 1.92. The number of fused-ring (bicyclic) bond motifs is 1. The van der Waals surface area contributed by atoms with Crippen molar-refractivity contribution in [2.45, 2.75) is 32.1 Å². The number of ether oxygens (including phenoxy) is 2. The van der Waals surface area contributed by atoms with Gasteiger partial charge >= 0.3 is 5.97 Å². The topological polar surface area (TPSA) is 76.8 Å². The van der Waals surface area contributed by atoms with Crippen LogP contribution in [0.1, 0.15) is 34.6 Å². The highest BCUT2D eigenvalue weighted by atomic mass is 35.5. The van der Waals surface area contributed by atoms with Gasteiger partial charge in [0, 0.05) is 20.1 Å². The van der Waals surface area contributed by atoms with E-state index in [1.54, 1.807) is 18.2 Å². The maximum Gasteiger partial charge on any atom is 0.335 e. The summed E-state index contributed by atoms with van der Waals surface area (Å²) in [5, 5.41) is 9.51. The molecule has 1 N–H and O–H groups in total. The second-order valence-electron chi connectivity index (χ2n) is 9.20. The Morgan fingerprint density at radius 2 is 1.95 bits per heavy atom. The lowest BCUT2D eigenvalue weighted by molar-refractivity contribution is 0.0697. The van der Waals surface area contributed by atoms with E-state index in [2.05, 4.69) is 4.90 Å². The van der Waals surface area contributed by atoms with Gasteiger partial charge in [-0.1, -0.05) is 23.7 Å². The zero-order chi connectivity index (χ0) is 25.9. The maximum absolute atomic E-state index is 13.2. The lowest BCUT2D eigenvalue weighted by Gasteiger charge is -2.32. The highest BCUT2D eigenvalue weighted by Gasteiger charge is 2.22. The molecule has 0 bridgehead atoms. The first kappa shape index (κ1) is 25.0. The molecule has 7 nitrogen and oxygen atoms in total. The van der Waals surface area contributed by atoms with Crippen LogP contribution < -0.4 is 9.47 Å². The van der Waals surface area contributed by atoms with Crippen LogP contribution in [0.5, 0.6) is 11.5 Å². The molecule has 4 aromatic rings. The predicted molar refractivity (Wildman–Crippen MR) is 139 cm³/mol. The molecule has 0 unspecified atom stereocenters. The van der Waals surface area contributed by atoms with E-state index in [1.165, 1.54) is 18.2 Å². The van der Waals surface area contributed by atoms with E-state index in [9.17, 15) is 14.3 Å². The number of carboxylic acid groups (broad SMARTS) is 1. The fourth-order valence-electron chi connectivity index (χ4n) is 4.55. The second kappa shape index (κ2) is 10.8. The normalized spacial score (nSPS) is 14.7. The van der Waals surface area contributed by atoms with E-state index in [4.69, 9.17) is 26.1 Å². The number of hydrogen-bond acceptors (Lipinski definition) is 5. The van der Waals surface area contributed by atoms with Crippen LogP contribution in [-0.2, 0) is 20.2 Å². The first-order valence-electron chi connectivity index (χ1n) is 12.1. The van der Waals surface area contributed by atoms with Crippen LogP contribution in [0, 0.1) is 5.82 Å². The minimum atomic E-state index is -0.943. The molecule has 2 heterocycles. The molecule has 0 amide bonds. The van der Waals surface area contributed by atoms with Crippen molar-refractivity contribution in [2.75, 3.05) is 13.1 Å². The van der Waals surface area contributed by atoms with Crippen LogP contribution in [0.4, 0.5) is 4.39 Å². The Morgan fingerprint density at radius 1 is 1.14 bits per heavy atom. The molecule has 9 heteroatoms. The van der Waals surface area contributed by atoms with Crippen LogP contribution in [0.25, 0.3) is 11.0 Å². The Labute approximate surface area is 219 Å². The SMILES string of the molecule is Cn1c(CN2CCC(Oc3cccc(COc4ccc(F)cc4Cl)c3)CC2)nc2ccc(C(=O)O)cc21. The largest absolute Gasteiger partial charge is 0.490 e. The molecule has 0 atom stereocenters. The zero-order valence-electron chi connectivity index (χ0n) is 20.4. The van der Waals surface area contributed by atoms with Crippen LogP contribution in [0.3, 0.4) is 0 Å². The van der Waals surface area contributed by atoms with Gasteiger partial charge in [0.15, 0.2) is 0 Å². The van der Waals surface area contributed by atoms with Gasteiger partial charge in [-0.05, 0) is 66.9 Å². The van der Waals surface area contributed by atoms with E-state index in [0.717, 1.165) is 54.1 Å². The Morgan fingerprint density at radius 3 is 2.70 bits per heavy atom. The fourth-order valence-corrected chi connectivity index (χ4v) is 4.78. The lowest BCUT2D eigenvalue weighted by atomic mass is 10.1. The van der Waals surface area contributed by atoms with Crippen molar-refractivity contribution in [3.8, 4) is 11.5 Å². The van der Waals surface area contributed by atoms with Crippen LogP contribution in [-0.4, -0.2) is 44.7 Å². The molecule has 0 spiro atoms. The number of aromatic nitrogens is 2. The summed E-state index contributed by atoms with van der Waals surface area (Å²) < 4.78 is 27.2. The van der Waals surface area contributed by atoms with E-state index in [-0.39, 0.29) is 16.7 Å². The number of rotatable bonds is 8. The highest BCUT2D eigenvalue weighted by Crippen LogP contribution is 2.27. The van der Waals surface area contributed by atoms with Gasteiger partial charge in [0.05, 0.1) is 28.2 Å². The first-order valence-corrected chi connectivity index (χ1v) is 12.5. The van der Waals surface area contributed by atoms with Gasteiger partial charge in [-0.2, -0.15) is 0 Å². The third-order valence-electron chi connectivity index (χ3n) is 6.61. The summed E-state index contributed by atoms with van der Waals surface area (Å²) in [5.74, 6) is 0.786. The van der Waals surface area contributed by atoms with Crippen molar-refractivity contribution in [1.82, 2.24) is 14.5 Å². The van der Waals surface area contributed by atoms with Gasteiger partial charge in [-0.25, -0.2) is 14.2 Å². The summed E-state index contributed by atoms with van der Waals surface area (Å²) in [4.78, 5) is 18.4. The lowest BCUT2D eigenvalue weighted by Crippen LogP contribution is -2.38. The molecule has 0 saturated carbocycles. The highest BCUT2D eigenvalue weighted by molar-refractivity contribution is 6.32. The number of halogens is 2. The minimum Gasteiger partial charge on any atom is -0.490 e. The van der Waals surface area contributed by atoms with Crippen molar-refractivity contribution < 1.29 is 23.8 Å². The summed E-state index contributed by atoms with van der Waals surface area (Å²) in [5.41, 5.74) is 2.81. The third-order valence-corrected chi connectivity index (χ3v) is 6.90. The third kappa shape index (κ3) is 5.87. The van der Waals surface area contributed by atoms with Crippen molar-refractivity contribution in [3.05, 3.63) is 88.5 Å². The van der Waals surface area contributed by atoms with Crippen molar-refractivity contribution in [1.29, 1.82) is 0 Å². The summed E-state index contributed by atoms with van der Waals surface area (Å²) in [6.07, 6.45) is 1.88. The Kier molecular flexibility index (Phi) is 7.30. The number of aromatic carboxylic acids is 1. The van der Waals surface area contributed by atoms with E-state index in [0.29, 0.717) is 18.9 Å². The first-order chi connectivity index (χ1) is 17.9. The number of piperidine rings is 1. The summed E-state index contributed by atoms with van der Waals surface area (Å²) in [6.45, 7) is 2.74. The average Bonchev–Trinajstić information content (AvgIpc) is 3.19. The molecule has 1 aliphatic rings. The summed E-state index contributed by atoms with van der Waals surface area (Å²) >= 11 is 6.05. The molecule has 1 saturated heterocycles. The average molecular weight is 524 g/mol. The number of imidazole rings is 1. The number of carbonyl (C=O) groups is 1. The van der Waals surface area contributed by atoms with Crippen molar-refractivity contribution in [3.63, 3.8) is 0 Å². The maximum atomic E-state index is 13.2. The zero-order valence-corrected chi connectivity index (χ0v) is 21.1. The number of hydrogen-bond donors (Lipinski definition) is 1. The number of benzene rings is 3. The molecule has 1 aromatic heterocycles. The van der Waals surface area contributed by atoms with Gasteiger partial charge < -0.3 is 19.1 Å². The Bertz CT molecular complexity index is 1430. The van der Waals surface area contributed by atoms with Gasteiger partial charge in [0.25, 0.3) is 0 Å². The van der Waals surface area contributed by atoms with E-state index < -0.39 is 11.8 Å². The predicted octanol–water partition coefficient (Wildman–Crippen LogP) is 5.69. The number of nitrogens with zero attached hydrogens (tertiary/aromatic N) is 3. The van der Waals surface area contributed by atoms with Gasteiger partial charge in [0.1, 0.15) is 35.9 Å². The fraction of sp³-hybridized carbons (Fsp3) is 0.286. The molecular formula is C28H27ClFN3O4. The molecule has 1 fully saturated rings. The molecule has 0 aliphatic carbocycles. The molecule has 5 rings (SSSR count). The van der Waals surface area contributed by atoms with Crippen LogP contribution >= 0.6 is 11.6 Å². The molecule has 3 aromatic carbocycles. The Hall–Kier alpha value is -3.62. The molecule has 192 valence electrons. The summed E-state index contributed by atoms with van der Waals surface area (Å²) in [6, 6.07) is 16.8. The second-order valence-corrected chi connectivity index (χ2v) is 9.61. The van der Waals surface area contributed by atoms with Crippen molar-refractivity contribution >= 4 is 28.6 Å². The van der Waals surface area contributed by atoms with Crippen LogP contribution in [0.15, 0.2) is 60.7 Å². The molecule has 37 heavy (non-hydrogen) atoms. The number of aryl methyl sites for hydroxylation is 1. The monoisotopic (exact) mass is 523 g/mol. The van der Waals surface area contributed by atoms with Gasteiger partial charge in [-0.15, -0.1) is 0 Å². The molecule has 0 radical (unpaired) electrons. The number of likely N-dealkylation sites (tertiary alicyclic amines) is 1. The van der Waals surface area contributed by atoms with Crippen LogP contribution in [0.2, 0.25) is 5.02 Å². The van der Waals surface area contributed by atoms with Crippen molar-refractivity contribution in [2.24, 2.45) is 7.05 Å². The molecular weight excluding hydrogens is 497 g/mol. The standard InChI is InChI=1S/C28H27ClFN3O4/c1-32-25-14-19(28(34)35)5-7-24(25)31-27(32)16-33-11-9-21(10-12-33)37-22-4-2-3-18(13-22)17-36-26-8-6-20(30)15-23(26)29/h2-8,13-15,21H,9-12,16-17H2,1H3,(H,34,35). The van der Waals surface area contributed by atoms with E-state index >= 15 is 0 Å². The Balaban J connectivity index is 1.15. The smallest absolute Gasteiger partial charge is 0.335 e. The molecule has 1 aliphatic heterocycles. The minimum absolute atomic E-state index is 0.109. The quantitative estimate of drug-likeness (QED) is 0.320. The van der Waals surface area contributed by atoms with Gasteiger partial charge in [0.2, 0.25) is 0 Å². The number of carboxylic acids is 1. The van der Waals surface area contributed by atoms with Gasteiger partial charge in [-0.3, -0.25) is 4.90 Å².